The van der Waals surface area contributed by atoms with Gasteiger partial charge in [-0.2, -0.15) is 0 Å². The molecule has 1 aliphatic heterocycles. The number of carbonyl (C=O) groups excluding carboxylic acids is 2. The molecule has 0 saturated carbocycles. The third kappa shape index (κ3) is 6.40. The Bertz CT molecular complexity index is 1460. The molecule has 1 fully saturated rings. The van der Waals surface area contributed by atoms with E-state index in [-0.39, 0.29) is 30.1 Å². The van der Waals surface area contributed by atoms with Gasteiger partial charge in [0.25, 0.3) is 5.91 Å². The number of fused-ring (bicyclic) bond motifs is 1. The summed E-state index contributed by atoms with van der Waals surface area (Å²) in [6.45, 7) is 4.06. The summed E-state index contributed by atoms with van der Waals surface area (Å²) in [5, 5.41) is 6.67. The summed E-state index contributed by atoms with van der Waals surface area (Å²) < 4.78 is 14.8. The number of anilines is 1. The SMILES string of the molecule is CCc1nc2ccc(Cl)cn2c1C(=O)NCc1ccc(N2CCC(NC(=O)Cc3ccc(F)cc3)CC2)cc1. The van der Waals surface area contributed by atoms with Gasteiger partial charge in [0.15, 0.2) is 0 Å². The zero-order chi connectivity index (χ0) is 27.4. The van der Waals surface area contributed by atoms with Crippen molar-refractivity contribution in [2.45, 2.75) is 45.2 Å². The molecule has 1 saturated heterocycles. The first-order valence-corrected chi connectivity index (χ1v) is 13.6. The molecule has 0 spiro atoms. The molecule has 2 aromatic heterocycles. The van der Waals surface area contributed by atoms with Gasteiger partial charge in [0.05, 0.1) is 17.1 Å². The van der Waals surface area contributed by atoms with Crippen LogP contribution in [0.4, 0.5) is 10.1 Å². The van der Waals surface area contributed by atoms with Crippen LogP contribution in [0, 0.1) is 5.82 Å². The minimum atomic E-state index is -0.302. The number of piperidine rings is 1. The summed E-state index contributed by atoms with van der Waals surface area (Å²) in [5.74, 6) is -0.525. The molecule has 2 aromatic carbocycles. The molecule has 202 valence electrons. The predicted octanol–water partition coefficient (Wildman–Crippen LogP) is 4.95. The second-order valence-corrected chi connectivity index (χ2v) is 10.3. The first-order valence-electron chi connectivity index (χ1n) is 13.2. The lowest BCUT2D eigenvalue weighted by atomic mass is 10.0. The number of carbonyl (C=O) groups is 2. The lowest BCUT2D eigenvalue weighted by molar-refractivity contribution is -0.121. The van der Waals surface area contributed by atoms with E-state index in [9.17, 15) is 14.0 Å². The van der Waals surface area contributed by atoms with Crippen LogP contribution in [-0.4, -0.2) is 40.3 Å². The lowest BCUT2D eigenvalue weighted by Gasteiger charge is -2.34. The van der Waals surface area contributed by atoms with Crippen LogP contribution in [0.5, 0.6) is 0 Å². The van der Waals surface area contributed by atoms with Crippen LogP contribution < -0.4 is 15.5 Å². The highest BCUT2D eigenvalue weighted by atomic mass is 35.5. The number of rotatable bonds is 8. The number of amides is 2. The molecule has 3 heterocycles. The summed E-state index contributed by atoms with van der Waals surface area (Å²) >= 11 is 6.15. The van der Waals surface area contributed by atoms with Crippen molar-refractivity contribution >= 4 is 34.7 Å². The van der Waals surface area contributed by atoms with E-state index in [0.717, 1.165) is 48.4 Å². The standard InChI is InChI=1S/C30H31ClFN5O2/c1-2-26-29(37-19-22(31)7-12-27(37)35-26)30(39)33-18-21-5-10-25(11-6-21)36-15-13-24(14-16-36)34-28(38)17-20-3-8-23(32)9-4-20/h3-12,19,24H,2,13-18H2,1H3,(H,33,39)(H,34,38). The Kier molecular flexibility index (Phi) is 8.12. The van der Waals surface area contributed by atoms with Crippen molar-refractivity contribution in [2.24, 2.45) is 0 Å². The van der Waals surface area contributed by atoms with Crippen molar-refractivity contribution in [1.29, 1.82) is 0 Å². The molecule has 39 heavy (non-hydrogen) atoms. The van der Waals surface area contributed by atoms with Gasteiger partial charge in [-0.1, -0.05) is 42.8 Å². The first kappa shape index (κ1) is 26.7. The number of imidazole rings is 1. The van der Waals surface area contributed by atoms with Crippen LogP contribution in [-0.2, 0) is 24.2 Å². The van der Waals surface area contributed by atoms with Gasteiger partial charge in [-0.15, -0.1) is 0 Å². The predicted molar refractivity (Wildman–Crippen MR) is 151 cm³/mol. The molecule has 7 nitrogen and oxygen atoms in total. The number of nitrogens with zero attached hydrogens (tertiary/aromatic N) is 3. The highest BCUT2D eigenvalue weighted by Gasteiger charge is 2.22. The number of aryl methyl sites for hydroxylation is 1. The minimum Gasteiger partial charge on any atom is -0.371 e. The van der Waals surface area contributed by atoms with Crippen LogP contribution >= 0.6 is 11.6 Å². The van der Waals surface area contributed by atoms with E-state index in [0.29, 0.717) is 29.3 Å². The van der Waals surface area contributed by atoms with Gasteiger partial charge in [0, 0.05) is 37.6 Å². The van der Waals surface area contributed by atoms with Crippen molar-refractivity contribution < 1.29 is 14.0 Å². The van der Waals surface area contributed by atoms with Crippen LogP contribution in [0.2, 0.25) is 5.02 Å². The third-order valence-electron chi connectivity index (χ3n) is 7.10. The summed E-state index contributed by atoms with van der Waals surface area (Å²) in [5.41, 5.74) is 4.86. The smallest absolute Gasteiger partial charge is 0.270 e. The third-order valence-corrected chi connectivity index (χ3v) is 7.32. The number of nitrogens with one attached hydrogen (secondary N) is 2. The number of aromatic nitrogens is 2. The zero-order valence-electron chi connectivity index (χ0n) is 21.8. The largest absolute Gasteiger partial charge is 0.371 e. The van der Waals surface area contributed by atoms with Crippen molar-refractivity contribution in [3.8, 4) is 0 Å². The minimum absolute atomic E-state index is 0.0375. The van der Waals surface area contributed by atoms with Crippen LogP contribution in [0.1, 0.15) is 47.1 Å². The lowest BCUT2D eigenvalue weighted by Crippen LogP contribution is -2.45. The normalized spacial score (nSPS) is 14.0. The number of benzene rings is 2. The van der Waals surface area contributed by atoms with Crippen LogP contribution in [0.15, 0.2) is 66.9 Å². The second-order valence-electron chi connectivity index (χ2n) is 9.82. The van der Waals surface area contributed by atoms with Crippen molar-refractivity contribution in [3.05, 3.63) is 100 Å². The Morgan fingerprint density at radius 1 is 1.00 bits per heavy atom. The number of hydrogen-bond donors (Lipinski definition) is 2. The number of hydrogen-bond acceptors (Lipinski definition) is 4. The summed E-state index contributed by atoms with van der Waals surface area (Å²) in [6.07, 6.45) is 4.33. The first-order chi connectivity index (χ1) is 18.9. The van der Waals surface area contributed by atoms with Gasteiger partial charge >= 0.3 is 0 Å². The van der Waals surface area contributed by atoms with Gasteiger partial charge in [-0.05, 0) is 66.8 Å². The Morgan fingerprint density at radius 3 is 2.38 bits per heavy atom. The summed E-state index contributed by atoms with van der Waals surface area (Å²) in [7, 11) is 0. The summed E-state index contributed by atoms with van der Waals surface area (Å²) in [4.78, 5) is 32.3. The van der Waals surface area contributed by atoms with E-state index in [4.69, 9.17) is 11.6 Å². The molecule has 0 atom stereocenters. The number of halogens is 2. The van der Waals surface area contributed by atoms with E-state index < -0.39 is 0 Å². The van der Waals surface area contributed by atoms with E-state index in [1.54, 1.807) is 28.8 Å². The molecular formula is C30H31ClFN5O2. The van der Waals surface area contributed by atoms with Crippen molar-refractivity contribution in [2.75, 3.05) is 18.0 Å². The van der Waals surface area contributed by atoms with Crippen LogP contribution in [0.25, 0.3) is 5.65 Å². The Labute approximate surface area is 232 Å². The van der Waals surface area contributed by atoms with Gasteiger partial charge in [-0.3, -0.25) is 14.0 Å². The Hall–Kier alpha value is -3.91. The molecule has 9 heteroatoms. The van der Waals surface area contributed by atoms with Gasteiger partial charge < -0.3 is 15.5 Å². The maximum atomic E-state index is 13.1. The molecule has 2 N–H and O–H groups in total. The fourth-order valence-corrected chi connectivity index (χ4v) is 5.15. The molecule has 0 unspecified atom stereocenters. The van der Waals surface area contributed by atoms with Gasteiger partial charge in [0.1, 0.15) is 17.2 Å². The molecule has 4 aromatic rings. The average molecular weight is 548 g/mol. The molecule has 5 rings (SSSR count). The maximum Gasteiger partial charge on any atom is 0.270 e. The molecule has 0 bridgehead atoms. The molecular weight excluding hydrogens is 517 g/mol. The van der Waals surface area contributed by atoms with E-state index in [1.165, 1.54) is 12.1 Å². The molecule has 0 aliphatic carbocycles. The quantitative estimate of drug-likeness (QED) is 0.327. The fraction of sp³-hybridized carbons (Fsp3) is 0.300. The molecule has 0 radical (unpaired) electrons. The molecule has 1 aliphatic rings. The zero-order valence-corrected chi connectivity index (χ0v) is 22.5. The van der Waals surface area contributed by atoms with E-state index >= 15 is 0 Å². The van der Waals surface area contributed by atoms with Gasteiger partial charge in [-0.25, -0.2) is 9.37 Å². The Morgan fingerprint density at radius 2 is 1.69 bits per heavy atom. The maximum absolute atomic E-state index is 13.1. The van der Waals surface area contributed by atoms with Crippen molar-refractivity contribution in [1.82, 2.24) is 20.0 Å². The Balaban J connectivity index is 1.12. The van der Waals surface area contributed by atoms with Crippen molar-refractivity contribution in [3.63, 3.8) is 0 Å². The fourth-order valence-electron chi connectivity index (χ4n) is 4.99. The topological polar surface area (TPSA) is 78.7 Å². The second kappa shape index (κ2) is 11.9. The summed E-state index contributed by atoms with van der Waals surface area (Å²) in [6, 6.07) is 17.9. The van der Waals surface area contributed by atoms with E-state index in [2.05, 4.69) is 32.7 Å². The monoisotopic (exact) mass is 547 g/mol. The average Bonchev–Trinajstić information content (AvgIpc) is 3.31. The highest BCUT2D eigenvalue weighted by molar-refractivity contribution is 6.30. The highest BCUT2D eigenvalue weighted by Crippen LogP contribution is 2.22. The van der Waals surface area contributed by atoms with Gasteiger partial charge in [0.2, 0.25) is 5.91 Å². The molecule has 2 amide bonds. The van der Waals surface area contributed by atoms with Crippen LogP contribution in [0.3, 0.4) is 0 Å². The number of pyridine rings is 1. The van der Waals surface area contributed by atoms with E-state index in [1.807, 2.05) is 25.1 Å².